The molecule has 1 saturated carbocycles. The summed E-state index contributed by atoms with van der Waals surface area (Å²) in [4.78, 5) is 37.2. The van der Waals surface area contributed by atoms with Crippen LogP contribution in [-0.2, 0) is 20.9 Å². The van der Waals surface area contributed by atoms with E-state index in [4.69, 9.17) is 4.74 Å². The number of piperidine rings is 1. The van der Waals surface area contributed by atoms with Crippen molar-refractivity contribution in [2.45, 2.75) is 39.5 Å². The van der Waals surface area contributed by atoms with Crippen LogP contribution in [0.15, 0.2) is 30.6 Å². The maximum atomic E-state index is 12.8. The molecule has 182 valence electrons. The van der Waals surface area contributed by atoms with Crippen LogP contribution in [-0.4, -0.2) is 57.6 Å². The number of aliphatic hydroxyl groups is 1. The minimum Gasteiger partial charge on any atom is -0.386 e. The topological polar surface area (TPSA) is 105 Å². The zero-order valence-corrected chi connectivity index (χ0v) is 20.8. The molecule has 0 spiro atoms. The number of carbonyl (C=O) groups excluding carboxylic acids is 2. The monoisotopic (exact) mass is 492 g/mol. The van der Waals surface area contributed by atoms with Gasteiger partial charge in [0.05, 0.1) is 40.9 Å². The van der Waals surface area contributed by atoms with Crippen molar-refractivity contribution >= 4 is 33.4 Å². The van der Waals surface area contributed by atoms with Crippen LogP contribution in [0.1, 0.15) is 36.0 Å². The van der Waals surface area contributed by atoms with E-state index in [1.165, 1.54) is 16.2 Å². The van der Waals surface area contributed by atoms with E-state index in [0.29, 0.717) is 18.8 Å². The van der Waals surface area contributed by atoms with E-state index in [0.717, 1.165) is 38.3 Å². The van der Waals surface area contributed by atoms with E-state index in [1.807, 2.05) is 39.0 Å². The number of hydrogen-bond acceptors (Lipinski definition) is 8. The van der Waals surface area contributed by atoms with Crippen molar-refractivity contribution < 1.29 is 19.4 Å². The largest absolute Gasteiger partial charge is 0.386 e. The van der Waals surface area contributed by atoms with E-state index in [1.54, 1.807) is 12.4 Å². The predicted molar refractivity (Wildman–Crippen MR) is 131 cm³/mol. The number of aryl methyl sites for hydroxylation is 1. The summed E-state index contributed by atoms with van der Waals surface area (Å²) in [5.74, 6) is -0.504. The second kappa shape index (κ2) is 8.16. The molecule has 0 aromatic carbocycles. The fourth-order valence-electron chi connectivity index (χ4n) is 5.70. The van der Waals surface area contributed by atoms with Crippen molar-refractivity contribution in [3.8, 4) is 11.3 Å². The first-order valence-electron chi connectivity index (χ1n) is 12.0. The standard InChI is InChI=1S/C26H28N4O4S/c1-13-4-6-29-21(18(13)22(31)17-11-27-8-9-34-17)15-5-7-28-16-10-14(35-23(15)16)12-30-24(32)19-20(25(30)33)26(19,2)3/h4-7,10,17,19-20,22,27,31H,8-9,11-12H2,1-3H3. The number of thiophene rings is 1. The number of imide groups is 1. The number of aromatic nitrogens is 2. The molecule has 8 nitrogen and oxygen atoms in total. The number of ether oxygens (including phenoxy) is 1. The molecule has 0 bridgehead atoms. The number of fused-ring (bicyclic) bond motifs is 2. The average Bonchev–Trinajstić information content (AvgIpc) is 3.10. The SMILES string of the molecule is Cc1ccnc(-c2ccnc3cc(CN4C(=O)C5C(C4=O)C5(C)C)sc23)c1C(O)C1CNCCO1. The van der Waals surface area contributed by atoms with Gasteiger partial charge in [-0.15, -0.1) is 11.3 Å². The zero-order valence-electron chi connectivity index (χ0n) is 19.9. The lowest BCUT2D eigenvalue weighted by atomic mass is 9.94. The van der Waals surface area contributed by atoms with Crippen LogP contribution in [0.5, 0.6) is 0 Å². The third-order valence-electron chi connectivity index (χ3n) is 7.74. The van der Waals surface area contributed by atoms with E-state index >= 15 is 0 Å². The van der Waals surface area contributed by atoms with Gasteiger partial charge in [-0.25, -0.2) is 0 Å². The quantitative estimate of drug-likeness (QED) is 0.528. The summed E-state index contributed by atoms with van der Waals surface area (Å²) in [5, 5.41) is 14.5. The number of morpholine rings is 1. The summed E-state index contributed by atoms with van der Waals surface area (Å²) in [6.07, 6.45) is 2.29. The average molecular weight is 493 g/mol. The van der Waals surface area contributed by atoms with Crippen LogP contribution in [0.2, 0.25) is 0 Å². The number of nitrogens with one attached hydrogen (secondary N) is 1. The molecule has 6 rings (SSSR count). The van der Waals surface area contributed by atoms with Gasteiger partial charge in [-0.05, 0) is 36.1 Å². The van der Waals surface area contributed by atoms with Gasteiger partial charge >= 0.3 is 0 Å². The molecule has 5 heterocycles. The minimum atomic E-state index is -0.830. The van der Waals surface area contributed by atoms with Gasteiger partial charge in [-0.1, -0.05) is 13.8 Å². The van der Waals surface area contributed by atoms with Crippen LogP contribution in [0.25, 0.3) is 21.5 Å². The molecule has 0 radical (unpaired) electrons. The zero-order chi connectivity index (χ0) is 24.5. The predicted octanol–water partition coefficient (Wildman–Crippen LogP) is 2.83. The Morgan fingerprint density at radius 3 is 2.69 bits per heavy atom. The van der Waals surface area contributed by atoms with Gasteiger partial charge in [0.1, 0.15) is 12.2 Å². The highest BCUT2D eigenvalue weighted by Crippen LogP contribution is 2.63. The van der Waals surface area contributed by atoms with Gasteiger partial charge in [-0.3, -0.25) is 24.5 Å². The molecule has 3 aromatic heterocycles. The van der Waals surface area contributed by atoms with Crippen LogP contribution >= 0.6 is 11.3 Å². The van der Waals surface area contributed by atoms with Gasteiger partial charge < -0.3 is 15.2 Å². The Bertz CT molecular complexity index is 1320. The summed E-state index contributed by atoms with van der Waals surface area (Å²) in [6, 6.07) is 5.75. The normalized spacial score (nSPS) is 26.3. The van der Waals surface area contributed by atoms with Crippen molar-refractivity contribution in [3.05, 3.63) is 46.6 Å². The highest BCUT2D eigenvalue weighted by molar-refractivity contribution is 7.19. The Labute approximate surface area is 207 Å². The van der Waals surface area contributed by atoms with Gasteiger partial charge in [0, 0.05) is 41.5 Å². The van der Waals surface area contributed by atoms with Gasteiger partial charge in [0.25, 0.3) is 0 Å². The summed E-state index contributed by atoms with van der Waals surface area (Å²) < 4.78 is 6.75. The third-order valence-corrected chi connectivity index (χ3v) is 8.88. The van der Waals surface area contributed by atoms with Crippen LogP contribution < -0.4 is 5.32 Å². The Balaban J connectivity index is 1.35. The smallest absolute Gasteiger partial charge is 0.234 e. The molecule has 4 atom stereocenters. The number of likely N-dealkylation sites (tertiary alicyclic amines) is 1. The van der Waals surface area contributed by atoms with Gasteiger partial charge in [-0.2, -0.15) is 0 Å². The number of amides is 2. The maximum Gasteiger partial charge on any atom is 0.234 e. The highest BCUT2D eigenvalue weighted by atomic mass is 32.1. The molecule has 2 amide bonds. The highest BCUT2D eigenvalue weighted by Gasteiger charge is 2.72. The van der Waals surface area contributed by atoms with Gasteiger partial charge in [0.2, 0.25) is 11.8 Å². The Hall–Kier alpha value is -2.72. The maximum absolute atomic E-state index is 12.8. The fraction of sp³-hybridized carbons (Fsp3) is 0.462. The number of aliphatic hydroxyl groups excluding tert-OH is 1. The molecule has 1 aliphatic carbocycles. The van der Waals surface area contributed by atoms with E-state index in [2.05, 4.69) is 15.3 Å². The molecular formula is C26H28N4O4S. The number of rotatable bonds is 5. The lowest BCUT2D eigenvalue weighted by Gasteiger charge is -2.29. The van der Waals surface area contributed by atoms with Crippen LogP contribution in [0.4, 0.5) is 0 Å². The molecule has 9 heteroatoms. The van der Waals surface area contributed by atoms with Crippen molar-refractivity contribution in [3.63, 3.8) is 0 Å². The summed E-state index contributed by atoms with van der Waals surface area (Å²) in [5.41, 5.74) is 3.82. The number of carbonyl (C=O) groups is 2. The number of nitrogens with zero attached hydrogens (tertiary/aromatic N) is 3. The molecule has 4 unspecified atom stereocenters. The molecule has 3 aromatic rings. The lowest BCUT2D eigenvalue weighted by molar-refractivity contribution is -0.143. The fourth-order valence-corrected chi connectivity index (χ4v) is 6.82. The second-order valence-corrected chi connectivity index (χ2v) is 11.4. The molecule has 2 N–H and O–H groups in total. The van der Waals surface area contributed by atoms with Crippen molar-refractivity contribution in [1.82, 2.24) is 20.2 Å². The van der Waals surface area contributed by atoms with Gasteiger partial charge in [0.15, 0.2) is 0 Å². The Morgan fingerprint density at radius 1 is 1.23 bits per heavy atom. The van der Waals surface area contributed by atoms with Crippen molar-refractivity contribution in [1.29, 1.82) is 0 Å². The van der Waals surface area contributed by atoms with Crippen molar-refractivity contribution in [2.75, 3.05) is 19.7 Å². The van der Waals surface area contributed by atoms with Crippen molar-refractivity contribution in [2.24, 2.45) is 17.3 Å². The number of hydrogen-bond donors (Lipinski definition) is 2. The summed E-state index contributed by atoms with van der Waals surface area (Å²) >= 11 is 1.51. The summed E-state index contributed by atoms with van der Waals surface area (Å²) in [6.45, 7) is 8.10. The molecule has 3 fully saturated rings. The van der Waals surface area contributed by atoms with Crippen LogP contribution in [0.3, 0.4) is 0 Å². The molecular weight excluding hydrogens is 464 g/mol. The second-order valence-electron chi connectivity index (χ2n) is 10.3. The molecule has 3 aliphatic rings. The molecule has 2 saturated heterocycles. The Kier molecular flexibility index (Phi) is 5.30. The minimum absolute atomic E-state index is 0.0671. The molecule has 35 heavy (non-hydrogen) atoms. The van der Waals surface area contributed by atoms with E-state index in [-0.39, 0.29) is 41.7 Å². The Morgan fingerprint density at radius 2 is 1.97 bits per heavy atom. The lowest BCUT2D eigenvalue weighted by Crippen LogP contribution is -2.42. The third kappa shape index (κ3) is 3.52. The molecule has 2 aliphatic heterocycles. The number of pyridine rings is 2. The summed E-state index contributed by atoms with van der Waals surface area (Å²) in [7, 11) is 0. The van der Waals surface area contributed by atoms with Crippen LogP contribution in [0, 0.1) is 24.2 Å². The first-order valence-corrected chi connectivity index (χ1v) is 12.8. The first kappa shape index (κ1) is 22.7. The first-order chi connectivity index (χ1) is 16.8. The van der Waals surface area contributed by atoms with E-state index < -0.39 is 6.10 Å². The van der Waals surface area contributed by atoms with E-state index in [9.17, 15) is 14.7 Å².